The maximum Gasteiger partial charge on any atom is 0.508 e. The Kier molecular flexibility index (Phi) is 24.7. The lowest BCUT2D eigenvalue weighted by molar-refractivity contribution is -0.137. The molecule has 5 aromatic rings. The van der Waals surface area contributed by atoms with Gasteiger partial charge in [-0.05, 0) is 61.1 Å². The minimum absolute atomic E-state index is 0.00647. The molecule has 8 amide bonds. The number of amides is 8. The van der Waals surface area contributed by atoms with Gasteiger partial charge in [0.2, 0.25) is 17.7 Å². The number of anilines is 3. The molecule has 8 rings (SSSR count). The van der Waals surface area contributed by atoms with Crippen LogP contribution in [0.3, 0.4) is 0 Å². The number of urea groups is 1. The summed E-state index contributed by atoms with van der Waals surface area (Å²) < 4.78 is 47.8. The number of carbonyl (C=O) groups is 8. The fraction of sp³-hybridized carbons (Fsp3) is 0.509. The van der Waals surface area contributed by atoms with Crippen LogP contribution in [0, 0.1) is 5.92 Å². The molecule has 14 N–H and O–H groups in total. The zero-order valence-electron chi connectivity index (χ0n) is 50.2. The molecule has 0 radical (unpaired) electrons. The van der Waals surface area contributed by atoms with E-state index >= 15 is 0 Å². The first-order chi connectivity index (χ1) is 44.4. The number of hydrogen-bond acceptors (Lipinski definition) is 28. The van der Waals surface area contributed by atoms with Gasteiger partial charge in [-0.2, -0.15) is 0 Å². The van der Waals surface area contributed by atoms with Crippen LogP contribution in [-0.2, 0) is 79.6 Å². The summed E-state index contributed by atoms with van der Waals surface area (Å²) >= 11 is 5.38. The molecule has 12 atom stereocenters. The summed E-state index contributed by atoms with van der Waals surface area (Å²) in [5.74, 6) is -2.77. The number of nitrogens with one attached hydrogen (secondary N) is 4. The number of likely N-dealkylation sites (N-methyl/N-ethyl adjacent to an activating group) is 1. The van der Waals surface area contributed by atoms with Gasteiger partial charge in [0.25, 0.3) is 11.8 Å². The number of aliphatic hydroxyl groups excluding tert-OH is 2. The molecule has 0 aliphatic carbocycles. The van der Waals surface area contributed by atoms with Crippen molar-refractivity contribution >= 4 is 115 Å². The summed E-state index contributed by atoms with van der Waals surface area (Å²) in [5, 5.41) is 33.7. The van der Waals surface area contributed by atoms with E-state index in [2.05, 4.69) is 51.2 Å². The molecular weight excluding hydrogens is 1290 g/mol. The maximum absolute atomic E-state index is 13.7. The largest absolute Gasteiger partial charge is 0.508 e. The van der Waals surface area contributed by atoms with Crippen molar-refractivity contribution in [3.05, 3.63) is 67.3 Å². The van der Waals surface area contributed by atoms with Gasteiger partial charge in [0.15, 0.2) is 50.5 Å². The first-order valence-electron chi connectivity index (χ1n) is 28.9. The lowest BCUT2D eigenvalue weighted by Gasteiger charge is -2.27. The Labute approximate surface area is 535 Å². The van der Waals surface area contributed by atoms with E-state index in [1.54, 1.807) is 26.0 Å². The van der Waals surface area contributed by atoms with Crippen molar-refractivity contribution in [1.82, 2.24) is 64.8 Å². The number of aliphatic hydroxyl groups is 2. The number of fused-ring (bicyclic) bond motifs is 2. The number of hydrogen-bond donors (Lipinski definition) is 11. The topological polar surface area (TPSA) is 511 Å². The number of rotatable bonds is 32. The normalized spacial score (nSPS) is 21.7. The van der Waals surface area contributed by atoms with Gasteiger partial charge >= 0.3 is 25.0 Å². The third-order valence-electron chi connectivity index (χ3n) is 14.7. The van der Waals surface area contributed by atoms with E-state index < -0.39 is 126 Å². The third kappa shape index (κ3) is 18.5. The van der Waals surface area contributed by atoms with Gasteiger partial charge in [-0.3, -0.25) is 42.5 Å². The number of primary amides is 1. The number of nitrogens with two attached hydrogens (primary N) is 3. The lowest BCUT2D eigenvalue weighted by Crippen LogP contribution is -2.54. The predicted octanol–water partition coefficient (Wildman–Crippen LogP) is -0.228. The van der Waals surface area contributed by atoms with Crippen molar-refractivity contribution in [2.45, 2.75) is 120 Å². The zero-order valence-corrected chi connectivity index (χ0v) is 52.9. The number of carbonyl (C=O) groups excluding carboxylic acids is 8. The van der Waals surface area contributed by atoms with Crippen LogP contribution in [0.4, 0.5) is 31.7 Å². The first kappa shape index (κ1) is 70.6. The molecule has 93 heavy (non-hydrogen) atoms. The average Bonchev–Trinajstić information content (AvgIpc) is 1.63. The zero-order chi connectivity index (χ0) is 67.1. The maximum atomic E-state index is 13.7. The highest BCUT2D eigenvalue weighted by atomic mass is 32.5. The van der Waals surface area contributed by atoms with Crippen molar-refractivity contribution in [2.75, 3.05) is 63.3 Å². The average molecular weight is 1360 g/mol. The number of nitrogens with zero attached hydrogens (tertiary/aromatic N) is 10. The summed E-state index contributed by atoms with van der Waals surface area (Å²) in [7, 11) is 0.417. The van der Waals surface area contributed by atoms with Crippen LogP contribution < -0.4 is 38.5 Å². The van der Waals surface area contributed by atoms with Crippen LogP contribution >= 0.6 is 15.8 Å². The van der Waals surface area contributed by atoms with E-state index in [0.717, 1.165) is 16.1 Å². The lowest BCUT2D eigenvalue weighted by atomic mass is 10.0. The molecule has 4 aromatic heterocycles. The molecule has 0 saturated carbocycles. The van der Waals surface area contributed by atoms with Crippen LogP contribution in [0.5, 0.6) is 0 Å². The Hall–Kier alpha value is -8.26. The van der Waals surface area contributed by atoms with Gasteiger partial charge in [0.05, 0.1) is 32.4 Å². The molecule has 2 fully saturated rings. The number of nitrogen functional groups attached to an aromatic ring is 2. The van der Waals surface area contributed by atoms with E-state index in [9.17, 15) is 58.4 Å². The van der Waals surface area contributed by atoms with E-state index in [-0.39, 0.29) is 104 Å². The van der Waals surface area contributed by atoms with Gasteiger partial charge in [-0.1, -0.05) is 32.4 Å². The molecule has 0 bridgehead atoms. The Morgan fingerprint density at radius 1 is 0.806 bits per heavy atom. The number of unbranched alkanes of at least 4 members (excludes halogenated alkanes) is 2. The molecule has 504 valence electrons. The highest BCUT2D eigenvalue weighted by Crippen LogP contribution is 2.51. The van der Waals surface area contributed by atoms with E-state index in [1.807, 2.05) is 0 Å². The van der Waals surface area contributed by atoms with E-state index in [0.29, 0.717) is 30.5 Å². The quantitative estimate of drug-likeness (QED) is 0.0115. The second kappa shape index (κ2) is 32.5. The first-order valence-corrected chi connectivity index (χ1v) is 32.4. The number of aromatic nitrogens is 8. The molecule has 0 spiro atoms. The Morgan fingerprint density at radius 3 is 2.03 bits per heavy atom. The van der Waals surface area contributed by atoms with Gasteiger partial charge in [0, 0.05) is 44.4 Å². The van der Waals surface area contributed by atoms with Crippen LogP contribution in [0.2, 0.25) is 0 Å². The molecule has 40 heteroatoms. The second-order valence-electron chi connectivity index (χ2n) is 21.6. The SMILES string of the molecule is CC(C)[C@H](NC(=O)CCCCCN1C(=O)C=CC1=O)C(=O)N[C@@H](CCCNC(N)=O)C(=O)Nc1ccc(COC(=O)N(C)CCOC(=O)O[C@@H]2[C@H](O)C(COP(O)(=S)O[C@@H]3[C@H](O)[C@@H](COPO)O[C@H]3n3cnc4c(N)ncnc43)O[C@H]2n2cnc3c(N)ncnc32)cc1. The van der Waals surface area contributed by atoms with Crippen molar-refractivity contribution in [3.8, 4) is 0 Å². The number of imidazole rings is 2. The Morgan fingerprint density at radius 2 is 1.42 bits per heavy atom. The third-order valence-corrected chi connectivity index (χ3v) is 16.6. The van der Waals surface area contributed by atoms with Crippen molar-refractivity contribution in [3.63, 3.8) is 0 Å². The number of ether oxygens (including phenoxy) is 5. The second-order valence-corrected chi connectivity index (χ2v) is 24.9. The van der Waals surface area contributed by atoms with Crippen LogP contribution in [-0.4, -0.2) is 212 Å². The van der Waals surface area contributed by atoms with Crippen LogP contribution in [0.15, 0.2) is 61.7 Å². The fourth-order valence-electron chi connectivity index (χ4n) is 9.87. The minimum Gasteiger partial charge on any atom is -0.445 e. The van der Waals surface area contributed by atoms with Gasteiger partial charge in [-0.15, -0.1) is 0 Å². The summed E-state index contributed by atoms with van der Waals surface area (Å²) in [4.78, 5) is 149. The van der Waals surface area contributed by atoms with E-state index in [1.165, 1.54) is 59.4 Å². The molecule has 7 heterocycles. The molecule has 3 unspecified atom stereocenters. The van der Waals surface area contributed by atoms with Crippen molar-refractivity contribution in [2.24, 2.45) is 11.7 Å². The molecule has 37 nitrogen and oxygen atoms in total. The summed E-state index contributed by atoms with van der Waals surface area (Å²) in [5.41, 5.74) is 18.6. The molecule has 3 aliphatic heterocycles. The summed E-state index contributed by atoms with van der Waals surface area (Å²) in [6, 6.07) is 3.29. The number of imide groups is 1. The molecule has 1 aromatic carbocycles. The molecular formula is C53H71N17O20P2S. The highest BCUT2D eigenvalue weighted by Gasteiger charge is 2.51. The monoisotopic (exact) mass is 1360 g/mol. The summed E-state index contributed by atoms with van der Waals surface area (Å²) in [6.07, 6.45) is -4.66. The highest BCUT2D eigenvalue weighted by molar-refractivity contribution is 8.07. The smallest absolute Gasteiger partial charge is 0.445 e. The Bertz CT molecular complexity index is 3550. The minimum atomic E-state index is -4.44. The van der Waals surface area contributed by atoms with Gasteiger partial charge in [0.1, 0.15) is 79.5 Å². The fourth-order valence-corrected chi connectivity index (χ4v) is 11.5. The predicted molar refractivity (Wildman–Crippen MR) is 327 cm³/mol. The van der Waals surface area contributed by atoms with Crippen LogP contribution in [0.25, 0.3) is 22.3 Å². The molecule has 3 aliphatic rings. The summed E-state index contributed by atoms with van der Waals surface area (Å²) in [6.45, 7) is -2.56. The molecule has 2 saturated heterocycles. The Balaban J connectivity index is 0.813. The van der Waals surface area contributed by atoms with Crippen LogP contribution in [0.1, 0.15) is 70.4 Å². The standard InChI is InChI=1S/C53H71N17O20P2S/c1-27(2)36(66-33(71)9-5-4-6-17-68-34(72)14-15-35(68)73)48(77)65-30(8-7-16-57-51(56)78)47(76)64-29-12-10-28(11-13-29)20-84-52(79)67(3)18-19-83-53(80)89-41-39(74)32(88-49(41)69-25-62-37-43(54)58-23-60-45(37)69)22-86-92(82,93)90-42-40(75)31(21-85-91-81)87-50(42)70-26-63-38-44(55)59-24-61-46(38)70/h10-15,23-27,30-32,36,39-42,49-50,74-75,81,91H,4-9,16-22H2,1-3H3,(H,64,76)(H,65,77)(H,66,71)(H,82,93)(H2,54,58,60)(H2,55,59,61)(H3,56,57,78)/t30-,31+,32?,36-,39+,40+,41+,42+,49+,50+,92?/m0/s1. The van der Waals surface area contributed by atoms with E-state index in [4.69, 9.17) is 66.3 Å². The van der Waals surface area contributed by atoms with Crippen molar-refractivity contribution < 1.29 is 95.6 Å². The van der Waals surface area contributed by atoms with Gasteiger partial charge < -0.3 is 96.1 Å². The van der Waals surface area contributed by atoms with Crippen molar-refractivity contribution in [1.29, 1.82) is 0 Å². The van der Waals surface area contributed by atoms with Gasteiger partial charge in [-0.25, -0.2) is 44.3 Å². The number of benzene rings is 1.